The van der Waals surface area contributed by atoms with E-state index in [1.807, 2.05) is 6.07 Å². The van der Waals surface area contributed by atoms with E-state index in [-0.39, 0.29) is 10.7 Å². The van der Waals surface area contributed by atoms with Crippen LogP contribution in [0.2, 0.25) is 10.0 Å². The van der Waals surface area contributed by atoms with Crippen LogP contribution < -0.4 is 15.4 Å². The van der Waals surface area contributed by atoms with Crippen molar-refractivity contribution in [2.45, 2.75) is 6.61 Å². The number of amides is 2. The predicted molar refractivity (Wildman–Crippen MR) is 104 cm³/mol. The third-order valence-corrected chi connectivity index (χ3v) is 4.47. The van der Waals surface area contributed by atoms with Gasteiger partial charge in [-0.05, 0) is 53.7 Å². The molecular formula is C18H12Cl2N2O3S. The molecule has 3 rings (SSSR count). The zero-order valence-corrected chi connectivity index (χ0v) is 15.5. The highest BCUT2D eigenvalue weighted by molar-refractivity contribution is 7.80. The van der Waals surface area contributed by atoms with E-state index in [1.165, 1.54) is 6.08 Å². The molecule has 5 nitrogen and oxygen atoms in total. The van der Waals surface area contributed by atoms with Crippen molar-refractivity contribution in [3.8, 4) is 5.75 Å². The van der Waals surface area contributed by atoms with Crippen LogP contribution >= 0.6 is 35.4 Å². The van der Waals surface area contributed by atoms with Crippen LogP contribution in [0, 0.1) is 0 Å². The van der Waals surface area contributed by atoms with Gasteiger partial charge in [-0.25, -0.2) is 0 Å². The van der Waals surface area contributed by atoms with Crippen LogP contribution in [0.5, 0.6) is 5.75 Å². The molecule has 2 aromatic rings. The summed E-state index contributed by atoms with van der Waals surface area (Å²) in [4.78, 5) is 23.6. The summed E-state index contributed by atoms with van der Waals surface area (Å²) in [5.74, 6) is -0.422. The summed E-state index contributed by atoms with van der Waals surface area (Å²) in [6, 6.07) is 12.3. The smallest absolute Gasteiger partial charge is 0.263 e. The van der Waals surface area contributed by atoms with E-state index < -0.39 is 11.8 Å². The van der Waals surface area contributed by atoms with Crippen LogP contribution in [0.25, 0.3) is 6.08 Å². The monoisotopic (exact) mass is 406 g/mol. The number of rotatable bonds is 4. The molecule has 1 saturated heterocycles. The van der Waals surface area contributed by atoms with E-state index in [4.69, 9.17) is 40.2 Å². The zero-order chi connectivity index (χ0) is 18.7. The van der Waals surface area contributed by atoms with Crippen molar-refractivity contribution in [3.63, 3.8) is 0 Å². The topological polar surface area (TPSA) is 67.4 Å². The van der Waals surface area contributed by atoms with Crippen LogP contribution in [0.1, 0.15) is 11.1 Å². The van der Waals surface area contributed by atoms with E-state index in [2.05, 4.69) is 10.6 Å². The van der Waals surface area contributed by atoms with Gasteiger partial charge in [-0.1, -0.05) is 41.4 Å². The Hall–Kier alpha value is -2.41. The summed E-state index contributed by atoms with van der Waals surface area (Å²) in [5, 5.41) is 5.74. The Balaban J connectivity index is 1.67. The van der Waals surface area contributed by atoms with Crippen molar-refractivity contribution in [1.82, 2.24) is 10.6 Å². The summed E-state index contributed by atoms with van der Waals surface area (Å²) < 4.78 is 5.69. The molecule has 0 radical (unpaired) electrons. The minimum absolute atomic E-state index is 0.00296. The van der Waals surface area contributed by atoms with Crippen molar-refractivity contribution in [2.75, 3.05) is 0 Å². The van der Waals surface area contributed by atoms with E-state index in [9.17, 15) is 9.59 Å². The Kier molecular flexibility index (Phi) is 5.56. The fraction of sp³-hybridized carbons (Fsp3) is 0.0556. The highest BCUT2D eigenvalue weighted by atomic mass is 35.5. The maximum Gasteiger partial charge on any atom is 0.263 e. The molecule has 0 spiro atoms. The van der Waals surface area contributed by atoms with Crippen molar-refractivity contribution >= 4 is 58.4 Å². The molecule has 0 unspecified atom stereocenters. The lowest BCUT2D eigenvalue weighted by Gasteiger charge is -2.16. The van der Waals surface area contributed by atoms with Gasteiger partial charge in [-0.3, -0.25) is 20.2 Å². The average Bonchev–Trinajstić information content (AvgIpc) is 2.60. The zero-order valence-electron chi connectivity index (χ0n) is 13.2. The largest absolute Gasteiger partial charge is 0.489 e. The standard InChI is InChI=1S/C18H12Cl2N2O3S/c19-14-6-3-11(8-15(14)20)9-25-12-4-1-10(2-5-12)7-13-16(23)21-18(26)22-17(13)24/h1-8H,9H2,(H2,21,22,23,24,26). The molecule has 8 heteroatoms. The molecule has 2 N–H and O–H groups in total. The van der Waals surface area contributed by atoms with Crippen molar-refractivity contribution in [1.29, 1.82) is 0 Å². The van der Waals surface area contributed by atoms with E-state index in [0.717, 1.165) is 5.56 Å². The lowest BCUT2D eigenvalue weighted by Crippen LogP contribution is -2.51. The molecule has 1 heterocycles. The van der Waals surface area contributed by atoms with Crippen molar-refractivity contribution in [3.05, 3.63) is 69.2 Å². The summed E-state index contributed by atoms with van der Waals surface area (Å²) in [5.41, 5.74) is 1.56. The Labute approximate surface area is 164 Å². The normalized spacial score (nSPS) is 13.9. The number of thiocarbonyl (C=S) groups is 1. The van der Waals surface area contributed by atoms with Gasteiger partial charge in [0.2, 0.25) is 0 Å². The average molecular weight is 407 g/mol. The summed E-state index contributed by atoms with van der Waals surface area (Å²) in [7, 11) is 0. The molecule has 1 aliphatic rings. The van der Waals surface area contributed by atoms with E-state index >= 15 is 0 Å². The summed E-state index contributed by atoms with van der Waals surface area (Å²) in [6.45, 7) is 0.333. The van der Waals surface area contributed by atoms with Crippen LogP contribution in [0.3, 0.4) is 0 Å². The highest BCUT2D eigenvalue weighted by Gasteiger charge is 2.25. The number of hydrogen-bond acceptors (Lipinski definition) is 4. The number of benzene rings is 2. The van der Waals surface area contributed by atoms with Gasteiger partial charge in [0.25, 0.3) is 11.8 Å². The van der Waals surface area contributed by atoms with Gasteiger partial charge in [0.1, 0.15) is 17.9 Å². The Morgan fingerprint density at radius 2 is 1.62 bits per heavy atom. The van der Waals surface area contributed by atoms with Gasteiger partial charge >= 0.3 is 0 Å². The number of carbonyl (C=O) groups excluding carboxylic acids is 2. The second kappa shape index (κ2) is 7.86. The molecule has 1 aliphatic heterocycles. The summed E-state index contributed by atoms with van der Waals surface area (Å²) in [6.07, 6.45) is 1.48. The maximum absolute atomic E-state index is 11.8. The first-order chi connectivity index (χ1) is 12.4. The number of ether oxygens (including phenoxy) is 1. The minimum Gasteiger partial charge on any atom is -0.489 e. The maximum atomic E-state index is 11.8. The van der Waals surface area contributed by atoms with E-state index in [1.54, 1.807) is 36.4 Å². The van der Waals surface area contributed by atoms with Gasteiger partial charge in [-0.15, -0.1) is 0 Å². The molecule has 2 aromatic carbocycles. The fourth-order valence-electron chi connectivity index (χ4n) is 2.23. The number of halogens is 2. The number of hydrogen-bond donors (Lipinski definition) is 2. The first-order valence-electron chi connectivity index (χ1n) is 7.47. The SMILES string of the molecule is O=C1NC(=S)NC(=O)C1=Cc1ccc(OCc2ccc(Cl)c(Cl)c2)cc1. The lowest BCUT2D eigenvalue weighted by atomic mass is 10.1. The van der Waals surface area contributed by atoms with Crippen LogP contribution in [-0.2, 0) is 16.2 Å². The molecule has 0 aromatic heterocycles. The predicted octanol–water partition coefficient (Wildman–Crippen LogP) is 3.49. The van der Waals surface area contributed by atoms with Gasteiger partial charge in [0.05, 0.1) is 10.0 Å². The first-order valence-corrected chi connectivity index (χ1v) is 8.64. The molecule has 132 valence electrons. The van der Waals surface area contributed by atoms with Gasteiger partial charge < -0.3 is 4.74 Å². The second-order valence-corrected chi connectivity index (χ2v) is 6.62. The second-order valence-electron chi connectivity index (χ2n) is 5.40. The minimum atomic E-state index is -0.529. The fourth-order valence-corrected chi connectivity index (χ4v) is 2.74. The molecule has 0 saturated carbocycles. The summed E-state index contributed by atoms with van der Waals surface area (Å²) >= 11 is 16.6. The Morgan fingerprint density at radius 3 is 2.23 bits per heavy atom. The molecule has 2 amide bonds. The number of carbonyl (C=O) groups is 2. The Bertz CT molecular complexity index is 905. The molecular weight excluding hydrogens is 395 g/mol. The quantitative estimate of drug-likeness (QED) is 0.463. The van der Waals surface area contributed by atoms with Crippen LogP contribution in [-0.4, -0.2) is 16.9 Å². The molecule has 26 heavy (non-hydrogen) atoms. The first kappa shape index (κ1) is 18.4. The lowest BCUT2D eigenvalue weighted by molar-refractivity contribution is -0.123. The van der Waals surface area contributed by atoms with Gasteiger partial charge in [-0.2, -0.15) is 0 Å². The Morgan fingerprint density at radius 1 is 0.962 bits per heavy atom. The van der Waals surface area contributed by atoms with Gasteiger partial charge in [0, 0.05) is 0 Å². The molecule has 1 fully saturated rings. The molecule has 0 bridgehead atoms. The van der Waals surface area contributed by atoms with E-state index in [0.29, 0.717) is 28.0 Å². The highest BCUT2D eigenvalue weighted by Crippen LogP contribution is 2.23. The molecule has 0 atom stereocenters. The van der Waals surface area contributed by atoms with Crippen molar-refractivity contribution in [2.24, 2.45) is 0 Å². The van der Waals surface area contributed by atoms with Gasteiger partial charge in [0.15, 0.2) is 5.11 Å². The van der Waals surface area contributed by atoms with Crippen LogP contribution in [0.15, 0.2) is 48.0 Å². The third-order valence-electron chi connectivity index (χ3n) is 3.52. The molecule has 0 aliphatic carbocycles. The van der Waals surface area contributed by atoms with Crippen LogP contribution in [0.4, 0.5) is 0 Å². The van der Waals surface area contributed by atoms with Crippen molar-refractivity contribution < 1.29 is 14.3 Å². The third kappa shape index (κ3) is 4.40. The number of nitrogens with one attached hydrogen (secondary N) is 2.